The molecule has 0 fully saturated rings. The van der Waals surface area contributed by atoms with Crippen LogP contribution >= 0.6 is 27.7 Å². The summed E-state index contributed by atoms with van der Waals surface area (Å²) in [6.07, 6.45) is 0. The highest BCUT2D eigenvalue weighted by Gasteiger charge is 2.13. The predicted molar refractivity (Wildman–Crippen MR) is 83.4 cm³/mol. The third kappa shape index (κ3) is 4.37. The summed E-state index contributed by atoms with van der Waals surface area (Å²) in [6.45, 7) is 0. The summed E-state index contributed by atoms with van der Waals surface area (Å²) < 4.78 is 25.1. The lowest BCUT2D eigenvalue weighted by Gasteiger charge is -2.04. The average Bonchev–Trinajstić information content (AvgIpc) is 2.42. The van der Waals surface area contributed by atoms with E-state index in [1.54, 1.807) is 36.0 Å². The Labute approximate surface area is 126 Å². The number of thioether (sulfide) groups is 1. The molecule has 0 atom stereocenters. The normalized spacial score (nSPS) is 11.4. The lowest BCUT2D eigenvalue weighted by atomic mass is 10.4. The van der Waals surface area contributed by atoms with Crippen LogP contribution in [0.1, 0.15) is 0 Å². The zero-order valence-corrected chi connectivity index (χ0v) is 13.3. The molecule has 0 heterocycles. The van der Waals surface area contributed by atoms with Crippen molar-refractivity contribution < 1.29 is 8.42 Å². The maximum atomic E-state index is 12.1. The largest absolute Gasteiger partial charge is 0.224 e. The maximum Gasteiger partial charge on any atom is 0.179 e. The number of benzene rings is 2. The third-order valence-electron chi connectivity index (χ3n) is 2.54. The smallest absolute Gasteiger partial charge is 0.179 e. The van der Waals surface area contributed by atoms with Crippen molar-refractivity contribution in [2.24, 2.45) is 0 Å². The Morgan fingerprint density at radius 2 is 1.58 bits per heavy atom. The molecule has 0 aromatic heterocycles. The Balaban J connectivity index is 1.94. The van der Waals surface area contributed by atoms with Crippen LogP contribution in [0.2, 0.25) is 0 Å². The van der Waals surface area contributed by atoms with E-state index in [4.69, 9.17) is 0 Å². The molecule has 100 valence electrons. The van der Waals surface area contributed by atoms with Crippen LogP contribution in [-0.4, -0.2) is 19.9 Å². The molecule has 2 rings (SSSR count). The van der Waals surface area contributed by atoms with Gasteiger partial charge in [0.05, 0.1) is 10.6 Å². The van der Waals surface area contributed by atoms with Crippen LogP contribution in [0.15, 0.2) is 68.9 Å². The molecule has 2 aromatic rings. The highest BCUT2D eigenvalue weighted by atomic mass is 79.9. The fourth-order valence-corrected chi connectivity index (χ4v) is 4.39. The first-order chi connectivity index (χ1) is 9.08. The molecule has 0 amide bonds. The average molecular weight is 357 g/mol. The van der Waals surface area contributed by atoms with E-state index in [0.717, 1.165) is 9.37 Å². The van der Waals surface area contributed by atoms with Crippen molar-refractivity contribution >= 4 is 37.5 Å². The second-order valence-electron chi connectivity index (χ2n) is 3.93. The van der Waals surface area contributed by atoms with Gasteiger partial charge in [-0.1, -0.05) is 34.1 Å². The van der Waals surface area contributed by atoms with Crippen LogP contribution in [0.4, 0.5) is 0 Å². The molecule has 0 spiro atoms. The van der Waals surface area contributed by atoms with Gasteiger partial charge in [-0.05, 0) is 36.4 Å². The lowest BCUT2D eigenvalue weighted by molar-refractivity contribution is 0.597. The summed E-state index contributed by atoms with van der Waals surface area (Å²) in [6, 6.07) is 16.4. The first kappa shape index (κ1) is 14.6. The molecule has 0 unspecified atom stereocenters. The molecule has 2 aromatic carbocycles. The van der Waals surface area contributed by atoms with E-state index >= 15 is 0 Å². The van der Waals surface area contributed by atoms with Crippen molar-refractivity contribution in [1.82, 2.24) is 0 Å². The zero-order chi connectivity index (χ0) is 13.7. The summed E-state index contributed by atoms with van der Waals surface area (Å²) in [5, 5.41) is 0. The Morgan fingerprint density at radius 3 is 2.21 bits per heavy atom. The molecule has 0 saturated heterocycles. The van der Waals surface area contributed by atoms with Crippen molar-refractivity contribution in [2.45, 2.75) is 9.79 Å². The van der Waals surface area contributed by atoms with Gasteiger partial charge in [0.25, 0.3) is 0 Å². The number of hydrogen-bond donors (Lipinski definition) is 0. The van der Waals surface area contributed by atoms with Crippen LogP contribution in [0.25, 0.3) is 0 Å². The first-order valence-electron chi connectivity index (χ1n) is 5.74. The highest BCUT2D eigenvalue weighted by molar-refractivity contribution is 9.10. The fourth-order valence-electron chi connectivity index (χ4n) is 1.55. The fraction of sp³-hybridized carbons (Fsp3) is 0.143. The first-order valence-corrected chi connectivity index (χ1v) is 9.17. The van der Waals surface area contributed by atoms with Gasteiger partial charge >= 0.3 is 0 Å². The minimum absolute atomic E-state index is 0.151. The van der Waals surface area contributed by atoms with Gasteiger partial charge in [-0.15, -0.1) is 11.8 Å². The van der Waals surface area contributed by atoms with E-state index in [1.807, 2.05) is 30.3 Å². The van der Waals surface area contributed by atoms with Gasteiger partial charge in [-0.2, -0.15) is 0 Å². The Morgan fingerprint density at radius 1 is 0.947 bits per heavy atom. The number of sulfone groups is 1. The molecule has 19 heavy (non-hydrogen) atoms. The van der Waals surface area contributed by atoms with Gasteiger partial charge in [0.2, 0.25) is 0 Å². The molecule has 0 bridgehead atoms. The molecule has 0 aliphatic rings. The van der Waals surface area contributed by atoms with E-state index in [1.165, 1.54) is 0 Å². The minimum atomic E-state index is -3.17. The van der Waals surface area contributed by atoms with E-state index < -0.39 is 9.84 Å². The minimum Gasteiger partial charge on any atom is -0.224 e. The number of halogens is 1. The van der Waals surface area contributed by atoms with Gasteiger partial charge in [-0.25, -0.2) is 8.42 Å². The highest BCUT2D eigenvalue weighted by Crippen LogP contribution is 2.21. The quantitative estimate of drug-likeness (QED) is 0.758. The van der Waals surface area contributed by atoms with E-state index in [2.05, 4.69) is 15.9 Å². The molecular formula is C14H13BrO2S2. The Kier molecular flexibility index (Phi) is 5.07. The van der Waals surface area contributed by atoms with Gasteiger partial charge in [0.15, 0.2) is 9.84 Å². The maximum absolute atomic E-state index is 12.1. The van der Waals surface area contributed by atoms with Crippen molar-refractivity contribution in [3.63, 3.8) is 0 Å². The molecule has 0 radical (unpaired) electrons. The number of rotatable bonds is 5. The van der Waals surface area contributed by atoms with Gasteiger partial charge in [0.1, 0.15) is 0 Å². The van der Waals surface area contributed by atoms with Gasteiger partial charge in [-0.3, -0.25) is 0 Å². The van der Waals surface area contributed by atoms with Crippen molar-refractivity contribution in [3.05, 3.63) is 59.1 Å². The van der Waals surface area contributed by atoms with Gasteiger partial charge < -0.3 is 0 Å². The Hall–Kier alpha value is -0.780. The van der Waals surface area contributed by atoms with Gasteiger partial charge in [0, 0.05) is 15.1 Å². The molecule has 0 saturated carbocycles. The van der Waals surface area contributed by atoms with Crippen LogP contribution in [-0.2, 0) is 9.84 Å². The lowest BCUT2D eigenvalue weighted by Crippen LogP contribution is -2.08. The number of hydrogen-bond acceptors (Lipinski definition) is 3. The molecule has 2 nitrogen and oxygen atoms in total. The summed E-state index contributed by atoms with van der Waals surface area (Å²) in [5.41, 5.74) is 0. The van der Waals surface area contributed by atoms with Crippen LogP contribution in [0, 0.1) is 0 Å². The summed E-state index contributed by atoms with van der Waals surface area (Å²) in [5.74, 6) is 0.705. The molecule has 5 heteroatoms. The third-order valence-corrected chi connectivity index (χ3v) is 6.07. The zero-order valence-electron chi connectivity index (χ0n) is 10.1. The molecule has 0 aliphatic carbocycles. The Bertz CT molecular complexity index is 622. The predicted octanol–water partition coefficient (Wildman–Crippen LogP) is 4.02. The SMILES string of the molecule is O=S(=O)(CCSc1ccc(Br)cc1)c1ccccc1. The van der Waals surface area contributed by atoms with Crippen LogP contribution in [0.3, 0.4) is 0 Å². The molecule has 0 aliphatic heterocycles. The summed E-state index contributed by atoms with van der Waals surface area (Å²) in [7, 11) is -3.17. The van der Waals surface area contributed by atoms with Crippen molar-refractivity contribution in [1.29, 1.82) is 0 Å². The van der Waals surface area contributed by atoms with E-state index in [-0.39, 0.29) is 5.75 Å². The van der Waals surface area contributed by atoms with Crippen LogP contribution < -0.4 is 0 Å². The van der Waals surface area contributed by atoms with E-state index in [9.17, 15) is 8.42 Å². The van der Waals surface area contributed by atoms with E-state index in [0.29, 0.717) is 10.6 Å². The van der Waals surface area contributed by atoms with Crippen LogP contribution in [0.5, 0.6) is 0 Å². The van der Waals surface area contributed by atoms with Crippen molar-refractivity contribution in [3.8, 4) is 0 Å². The van der Waals surface area contributed by atoms with Crippen molar-refractivity contribution in [2.75, 3.05) is 11.5 Å². The second kappa shape index (κ2) is 6.59. The summed E-state index contributed by atoms with van der Waals surface area (Å²) >= 11 is 4.92. The second-order valence-corrected chi connectivity index (χ2v) is 8.13. The standard InChI is InChI=1S/C14H13BrO2S2/c15-12-6-8-13(9-7-12)18-10-11-19(16,17)14-4-2-1-3-5-14/h1-9H,10-11H2. The topological polar surface area (TPSA) is 34.1 Å². The molecular weight excluding hydrogens is 344 g/mol. The summed E-state index contributed by atoms with van der Waals surface area (Å²) in [4.78, 5) is 1.47. The monoisotopic (exact) mass is 356 g/mol. The molecule has 0 N–H and O–H groups in total.